The number of rotatable bonds is 5. The number of urea groups is 1. The van der Waals surface area contributed by atoms with Gasteiger partial charge in [-0.1, -0.05) is 6.92 Å². The van der Waals surface area contributed by atoms with Crippen molar-refractivity contribution in [2.24, 2.45) is 11.1 Å². The quantitative estimate of drug-likeness (QED) is 0.828. The van der Waals surface area contributed by atoms with E-state index in [0.29, 0.717) is 32.5 Å². The SMILES string of the molecule is CC(CNC(=O)N1CCC(CS(N)(=O)=O)CC1)c1nccs1. The Morgan fingerprint density at radius 1 is 1.55 bits per heavy atom. The highest BCUT2D eigenvalue weighted by molar-refractivity contribution is 7.89. The van der Waals surface area contributed by atoms with E-state index in [-0.39, 0.29) is 23.6 Å². The zero-order chi connectivity index (χ0) is 16.2. The first kappa shape index (κ1) is 17.2. The molecule has 1 aromatic heterocycles. The zero-order valence-corrected chi connectivity index (χ0v) is 14.2. The van der Waals surface area contributed by atoms with Crippen LogP contribution in [0.4, 0.5) is 4.79 Å². The number of amides is 2. The van der Waals surface area contributed by atoms with Crippen molar-refractivity contribution in [3.63, 3.8) is 0 Å². The van der Waals surface area contributed by atoms with Crippen molar-refractivity contribution in [2.45, 2.75) is 25.7 Å². The third-order valence-electron chi connectivity index (χ3n) is 3.80. The average Bonchev–Trinajstić information content (AvgIpc) is 2.97. The van der Waals surface area contributed by atoms with Gasteiger partial charge in [-0.25, -0.2) is 23.3 Å². The van der Waals surface area contributed by atoms with Crippen molar-refractivity contribution in [1.29, 1.82) is 0 Å². The molecule has 2 heterocycles. The summed E-state index contributed by atoms with van der Waals surface area (Å²) < 4.78 is 22.2. The number of carbonyl (C=O) groups excluding carboxylic acids is 1. The molecule has 0 aromatic carbocycles. The van der Waals surface area contributed by atoms with Crippen LogP contribution in [0.3, 0.4) is 0 Å². The van der Waals surface area contributed by atoms with E-state index in [0.717, 1.165) is 5.01 Å². The molecule has 22 heavy (non-hydrogen) atoms. The molecule has 1 unspecified atom stereocenters. The van der Waals surface area contributed by atoms with Crippen molar-refractivity contribution < 1.29 is 13.2 Å². The lowest BCUT2D eigenvalue weighted by molar-refractivity contribution is 0.174. The summed E-state index contributed by atoms with van der Waals surface area (Å²) >= 11 is 1.58. The first-order valence-electron chi connectivity index (χ1n) is 7.28. The fourth-order valence-corrected chi connectivity index (χ4v) is 4.24. The molecular weight excluding hydrogens is 324 g/mol. The molecule has 3 N–H and O–H groups in total. The highest BCUT2D eigenvalue weighted by Crippen LogP contribution is 2.19. The smallest absolute Gasteiger partial charge is 0.317 e. The van der Waals surface area contributed by atoms with E-state index in [2.05, 4.69) is 10.3 Å². The zero-order valence-electron chi connectivity index (χ0n) is 12.6. The Morgan fingerprint density at radius 2 is 2.23 bits per heavy atom. The van der Waals surface area contributed by atoms with Gasteiger partial charge in [0, 0.05) is 37.1 Å². The van der Waals surface area contributed by atoms with Gasteiger partial charge in [-0.05, 0) is 18.8 Å². The minimum atomic E-state index is -3.43. The van der Waals surface area contributed by atoms with Gasteiger partial charge in [0.15, 0.2) is 0 Å². The molecule has 124 valence electrons. The lowest BCUT2D eigenvalue weighted by atomic mass is 9.99. The fraction of sp³-hybridized carbons (Fsp3) is 0.692. The molecule has 9 heteroatoms. The number of hydrogen-bond acceptors (Lipinski definition) is 5. The summed E-state index contributed by atoms with van der Waals surface area (Å²) in [6.45, 7) is 3.70. The van der Waals surface area contributed by atoms with Crippen LogP contribution in [0, 0.1) is 5.92 Å². The predicted octanol–water partition coefficient (Wildman–Crippen LogP) is 0.957. The van der Waals surface area contributed by atoms with E-state index in [1.54, 1.807) is 22.4 Å². The first-order valence-corrected chi connectivity index (χ1v) is 9.87. The van der Waals surface area contributed by atoms with Gasteiger partial charge in [-0.3, -0.25) is 0 Å². The maximum Gasteiger partial charge on any atom is 0.317 e. The number of sulfonamides is 1. The van der Waals surface area contributed by atoms with Crippen LogP contribution in [-0.2, 0) is 10.0 Å². The molecule has 0 spiro atoms. The summed E-state index contributed by atoms with van der Waals surface area (Å²) in [6, 6.07) is -0.0996. The van der Waals surface area contributed by atoms with Crippen LogP contribution >= 0.6 is 11.3 Å². The summed E-state index contributed by atoms with van der Waals surface area (Å²) in [6.07, 6.45) is 3.10. The summed E-state index contributed by atoms with van der Waals surface area (Å²) in [7, 11) is -3.43. The van der Waals surface area contributed by atoms with Gasteiger partial charge in [0.1, 0.15) is 0 Å². The second-order valence-corrected chi connectivity index (χ2v) is 8.30. The number of likely N-dealkylation sites (tertiary alicyclic amines) is 1. The normalized spacial score (nSPS) is 18.2. The third-order valence-corrected chi connectivity index (χ3v) is 5.75. The molecule has 7 nitrogen and oxygen atoms in total. The van der Waals surface area contributed by atoms with E-state index >= 15 is 0 Å². The Morgan fingerprint density at radius 3 is 2.77 bits per heavy atom. The van der Waals surface area contributed by atoms with Crippen LogP contribution in [0.2, 0.25) is 0 Å². The van der Waals surface area contributed by atoms with E-state index in [1.165, 1.54) is 0 Å². The van der Waals surface area contributed by atoms with E-state index < -0.39 is 10.0 Å². The molecule has 1 aliphatic heterocycles. The maximum atomic E-state index is 12.1. The van der Waals surface area contributed by atoms with Crippen LogP contribution in [0.1, 0.15) is 30.7 Å². The van der Waals surface area contributed by atoms with Gasteiger partial charge in [-0.15, -0.1) is 11.3 Å². The number of nitrogens with one attached hydrogen (secondary N) is 1. The van der Waals surface area contributed by atoms with Crippen molar-refractivity contribution >= 4 is 27.4 Å². The first-order chi connectivity index (χ1) is 10.3. The fourth-order valence-electron chi connectivity index (χ4n) is 2.55. The number of piperidine rings is 1. The number of aromatic nitrogens is 1. The van der Waals surface area contributed by atoms with Crippen molar-refractivity contribution in [3.05, 3.63) is 16.6 Å². The maximum absolute atomic E-state index is 12.1. The van der Waals surface area contributed by atoms with Crippen LogP contribution < -0.4 is 10.5 Å². The van der Waals surface area contributed by atoms with E-state index in [1.807, 2.05) is 12.3 Å². The van der Waals surface area contributed by atoms with Gasteiger partial charge in [0.25, 0.3) is 0 Å². The minimum Gasteiger partial charge on any atom is -0.337 e. The molecule has 1 fully saturated rings. The Balaban J connectivity index is 1.73. The van der Waals surface area contributed by atoms with E-state index in [9.17, 15) is 13.2 Å². The van der Waals surface area contributed by atoms with Gasteiger partial charge in [-0.2, -0.15) is 0 Å². The highest BCUT2D eigenvalue weighted by atomic mass is 32.2. The lowest BCUT2D eigenvalue weighted by Gasteiger charge is -2.31. The number of hydrogen-bond donors (Lipinski definition) is 2. The Bertz CT molecular complexity index is 580. The minimum absolute atomic E-state index is 0.00351. The molecular formula is C13H22N4O3S2. The second-order valence-electron chi connectivity index (χ2n) is 5.72. The van der Waals surface area contributed by atoms with Gasteiger partial charge >= 0.3 is 6.03 Å². The molecule has 0 saturated carbocycles. The molecule has 0 aliphatic carbocycles. The summed E-state index contributed by atoms with van der Waals surface area (Å²) in [5.41, 5.74) is 0. The molecule has 1 aromatic rings. The van der Waals surface area contributed by atoms with E-state index in [4.69, 9.17) is 5.14 Å². The number of carbonyl (C=O) groups is 1. The molecule has 1 atom stereocenters. The lowest BCUT2D eigenvalue weighted by Crippen LogP contribution is -2.46. The van der Waals surface area contributed by atoms with Crippen LogP contribution in [0.25, 0.3) is 0 Å². The molecule has 2 amide bonds. The number of nitrogens with zero attached hydrogens (tertiary/aromatic N) is 2. The van der Waals surface area contributed by atoms with Gasteiger partial charge < -0.3 is 10.2 Å². The molecule has 0 bridgehead atoms. The molecule has 0 radical (unpaired) electrons. The Labute approximate surface area is 135 Å². The molecule has 2 rings (SSSR count). The monoisotopic (exact) mass is 346 g/mol. The molecule has 1 saturated heterocycles. The Kier molecular flexibility index (Phi) is 5.76. The average molecular weight is 346 g/mol. The second kappa shape index (κ2) is 7.38. The number of thiazole rings is 1. The van der Waals surface area contributed by atoms with Gasteiger partial charge in [0.05, 0.1) is 10.8 Å². The number of primary sulfonamides is 1. The van der Waals surface area contributed by atoms with Gasteiger partial charge in [0.2, 0.25) is 10.0 Å². The summed E-state index contributed by atoms with van der Waals surface area (Å²) in [5, 5.41) is 10.9. The van der Waals surface area contributed by atoms with Crippen molar-refractivity contribution in [3.8, 4) is 0 Å². The van der Waals surface area contributed by atoms with Crippen molar-refractivity contribution in [1.82, 2.24) is 15.2 Å². The predicted molar refractivity (Wildman–Crippen MR) is 86.2 cm³/mol. The van der Waals surface area contributed by atoms with Crippen LogP contribution in [-0.4, -0.2) is 49.7 Å². The van der Waals surface area contributed by atoms with Crippen LogP contribution in [0.5, 0.6) is 0 Å². The summed E-state index contributed by atoms with van der Waals surface area (Å²) in [5.74, 6) is 0.237. The topological polar surface area (TPSA) is 105 Å². The Hall–Kier alpha value is -1.19. The highest BCUT2D eigenvalue weighted by Gasteiger charge is 2.25. The largest absolute Gasteiger partial charge is 0.337 e. The standard InChI is InChI=1S/C13H22N4O3S2/c1-10(12-15-4-7-21-12)8-16-13(18)17-5-2-11(3-6-17)9-22(14,19)20/h4,7,10-11H,2-3,5-6,8-9H2,1H3,(H,16,18)(H2,14,19,20). The van der Waals surface area contributed by atoms with Crippen molar-refractivity contribution in [2.75, 3.05) is 25.4 Å². The number of nitrogens with two attached hydrogens (primary N) is 1. The van der Waals surface area contributed by atoms with Crippen LogP contribution in [0.15, 0.2) is 11.6 Å². The summed E-state index contributed by atoms with van der Waals surface area (Å²) in [4.78, 5) is 18.1. The third kappa shape index (κ3) is 5.22. The molecule has 1 aliphatic rings.